The second-order valence-electron chi connectivity index (χ2n) is 5.54. The van der Waals surface area contributed by atoms with E-state index in [0.29, 0.717) is 31.3 Å². The molecule has 0 aliphatic heterocycles. The van der Waals surface area contributed by atoms with Crippen LogP contribution in [0, 0.1) is 10.1 Å². The highest BCUT2D eigenvalue weighted by molar-refractivity contribution is 5.34. The van der Waals surface area contributed by atoms with Gasteiger partial charge in [0, 0.05) is 25.0 Å². The van der Waals surface area contributed by atoms with Crippen molar-refractivity contribution < 1.29 is 14.1 Å². The highest BCUT2D eigenvalue weighted by Crippen LogP contribution is 2.25. The molecule has 128 valence electrons. The minimum Gasteiger partial charge on any atom is -0.464 e. The Labute approximate surface area is 145 Å². The van der Waals surface area contributed by atoms with E-state index in [-0.39, 0.29) is 5.69 Å². The lowest BCUT2D eigenvalue weighted by Crippen LogP contribution is -1.96. The maximum absolute atomic E-state index is 10.7. The highest BCUT2D eigenvalue weighted by Gasteiger charge is 2.16. The van der Waals surface area contributed by atoms with Crippen molar-refractivity contribution in [3.8, 4) is 5.95 Å². The van der Waals surface area contributed by atoms with Crippen molar-refractivity contribution in [1.82, 2.24) is 4.98 Å². The van der Waals surface area contributed by atoms with Crippen LogP contribution in [0.2, 0.25) is 0 Å². The lowest BCUT2D eigenvalue weighted by Gasteiger charge is -2.01. The number of benzene rings is 2. The Morgan fingerprint density at radius 1 is 1.04 bits per heavy atom. The van der Waals surface area contributed by atoms with Gasteiger partial charge in [-0.15, -0.1) is 0 Å². The van der Waals surface area contributed by atoms with Crippen molar-refractivity contribution in [3.63, 3.8) is 0 Å². The maximum Gasteiger partial charge on any atom is 0.308 e. The third-order valence-corrected chi connectivity index (χ3v) is 3.70. The molecule has 2 aromatic carbocycles. The van der Waals surface area contributed by atoms with Gasteiger partial charge < -0.3 is 9.15 Å². The van der Waals surface area contributed by atoms with Gasteiger partial charge in [-0.3, -0.25) is 10.1 Å². The van der Waals surface area contributed by atoms with Crippen LogP contribution in [0.1, 0.15) is 29.6 Å². The molecule has 0 radical (unpaired) electrons. The van der Waals surface area contributed by atoms with E-state index >= 15 is 0 Å². The smallest absolute Gasteiger partial charge is 0.308 e. The van der Waals surface area contributed by atoms with Crippen molar-refractivity contribution >= 4 is 5.69 Å². The summed E-state index contributed by atoms with van der Waals surface area (Å²) in [5, 5.41) is 10.7. The Bertz CT molecular complexity index is 842. The molecule has 0 aliphatic carbocycles. The minimum atomic E-state index is -0.417. The lowest BCUT2D eigenvalue weighted by molar-refractivity contribution is -0.384. The van der Waals surface area contributed by atoms with Crippen molar-refractivity contribution in [2.45, 2.75) is 19.8 Å². The first-order chi connectivity index (χ1) is 12.2. The summed E-state index contributed by atoms with van der Waals surface area (Å²) in [6.45, 7) is 2.39. The van der Waals surface area contributed by atoms with Gasteiger partial charge in [0.1, 0.15) is 5.69 Å². The summed E-state index contributed by atoms with van der Waals surface area (Å²) < 4.78 is 11.3. The molecule has 0 bridgehead atoms. The van der Waals surface area contributed by atoms with Gasteiger partial charge in [-0.1, -0.05) is 42.5 Å². The average molecular weight is 338 g/mol. The minimum absolute atomic E-state index is 0.0657. The fraction of sp³-hybridized carbons (Fsp3) is 0.211. The quantitative estimate of drug-likeness (QED) is 0.477. The predicted octanol–water partition coefficient (Wildman–Crippen LogP) is 4.16. The zero-order chi connectivity index (χ0) is 17.6. The zero-order valence-corrected chi connectivity index (χ0v) is 13.8. The molecule has 25 heavy (non-hydrogen) atoms. The predicted molar refractivity (Wildman–Crippen MR) is 92.8 cm³/mol. The van der Waals surface area contributed by atoms with Crippen LogP contribution in [0.3, 0.4) is 0 Å². The number of non-ortho nitro benzene ring substituents is 1. The summed E-state index contributed by atoms with van der Waals surface area (Å²) in [5.74, 6) is 0.964. The molecule has 0 fully saturated rings. The van der Waals surface area contributed by atoms with E-state index < -0.39 is 4.92 Å². The third kappa shape index (κ3) is 4.23. The third-order valence-electron chi connectivity index (χ3n) is 3.70. The highest BCUT2D eigenvalue weighted by atomic mass is 16.6. The first-order valence-corrected chi connectivity index (χ1v) is 8.04. The zero-order valence-electron chi connectivity index (χ0n) is 13.8. The number of nitrogens with zero attached hydrogens (tertiary/aromatic N) is 2. The van der Waals surface area contributed by atoms with Crippen LogP contribution < -0.4 is 4.74 Å². The summed E-state index contributed by atoms with van der Waals surface area (Å²) in [4.78, 5) is 14.9. The summed E-state index contributed by atoms with van der Waals surface area (Å²) >= 11 is 0. The Kier molecular flexibility index (Phi) is 5.09. The summed E-state index contributed by atoms with van der Waals surface area (Å²) in [5.41, 5.74) is 2.83. The largest absolute Gasteiger partial charge is 0.464 e. The van der Waals surface area contributed by atoms with Gasteiger partial charge in [0.15, 0.2) is 0 Å². The Morgan fingerprint density at radius 2 is 1.72 bits per heavy atom. The fourth-order valence-electron chi connectivity index (χ4n) is 2.52. The van der Waals surface area contributed by atoms with Crippen molar-refractivity contribution in [2.75, 3.05) is 6.61 Å². The van der Waals surface area contributed by atoms with Gasteiger partial charge in [-0.2, -0.15) is 0 Å². The van der Waals surface area contributed by atoms with Crippen molar-refractivity contribution in [1.29, 1.82) is 0 Å². The van der Waals surface area contributed by atoms with Crippen LogP contribution in [-0.4, -0.2) is 16.5 Å². The maximum atomic E-state index is 10.7. The topological polar surface area (TPSA) is 78.4 Å². The molecule has 1 heterocycles. The lowest BCUT2D eigenvalue weighted by atomic mass is 10.1. The number of ether oxygens (including phenoxy) is 1. The van der Waals surface area contributed by atoms with Crippen molar-refractivity contribution in [3.05, 3.63) is 87.4 Å². The van der Waals surface area contributed by atoms with Gasteiger partial charge in [0.25, 0.3) is 5.69 Å². The van der Waals surface area contributed by atoms with Gasteiger partial charge in [0.2, 0.25) is 5.89 Å². The molecule has 1 aromatic heterocycles. The Balaban J connectivity index is 1.79. The molecule has 3 rings (SSSR count). The summed E-state index contributed by atoms with van der Waals surface area (Å²) in [6.07, 6.45) is 1.08. The number of hydrogen-bond acceptors (Lipinski definition) is 5. The molecule has 6 heteroatoms. The summed E-state index contributed by atoms with van der Waals surface area (Å²) in [6, 6.07) is 16.4. The van der Waals surface area contributed by atoms with E-state index in [1.165, 1.54) is 12.1 Å². The molecular formula is C19H18N2O4. The number of aromatic nitrogens is 1. The molecule has 0 atom stereocenters. The molecule has 0 saturated heterocycles. The van der Waals surface area contributed by atoms with E-state index in [9.17, 15) is 10.1 Å². The van der Waals surface area contributed by atoms with Gasteiger partial charge in [-0.05, 0) is 18.1 Å². The number of rotatable bonds is 7. The van der Waals surface area contributed by atoms with E-state index in [4.69, 9.17) is 9.15 Å². The first kappa shape index (κ1) is 16.7. The van der Waals surface area contributed by atoms with Gasteiger partial charge in [0.05, 0.1) is 11.5 Å². The van der Waals surface area contributed by atoms with E-state index in [0.717, 1.165) is 16.8 Å². The second-order valence-corrected chi connectivity index (χ2v) is 5.54. The van der Waals surface area contributed by atoms with E-state index in [2.05, 4.69) is 4.98 Å². The average Bonchev–Trinajstić information content (AvgIpc) is 2.98. The standard InChI is InChI=1S/C19H18N2O4/c1-2-24-19-17(12-14-6-4-3-5-7-14)20-18(25-19)13-15-8-10-16(11-9-15)21(22)23/h3-11H,2,12-13H2,1H3. The fourth-order valence-corrected chi connectivity index (χ4v) is 2.52. The molecule has 0 aliphatic rings. The van der Waals surface area contributed by atoms with Crippen LogP contribution in [0.25, 0.3) is 0 Å². The molecule has 6 nitrogen and oxygen atoms in total. The number of hydrogen-bond donors (Lipinski definition) is 0. The van der Waals surface area contributed by atoms with Crippen LogP contribution in [0.5, 0.6) is 5.95 Å². The normalized spacial score (nSPS) is 10.6. The van der Waals surface area contributed by atoms with E-state index in [1.807, 2.05) is 37.3 Å². The number of nitro benzene ring substituents is 1. The van der Waals surface area contributed by atoms with Crippen LogP contribution >= 0.6 is 0 Å². The molecule has 0 unspecified atom stereocenters. The second kappa shape index (κ2) is 7.61. The molecule has 0 N–H and O–H groups in total. The van der Waals surface area contributed by atoms with Crippen LogP contribution in [0.4, 0.5) is 5.69 Å². The molecule has 3 aromatic rings. The molecule has 0 spiro atoms. The Morgan fingerprint density at radius 3 is 2.36 bits per heavy atom. The van der Waals surface area contributed by atoms with Gasteiger partial charge >= 0.3 is 5.95 Å². The number of oxazole rings is 1. The molecule has 0 saturated carbocycles. The molecule has 0 amide bonds. The monoisotopic (exact) mass is 338 g/mol. The summed E-state index contributed by atoms with van der Waals surface area (Å²) in [7, 11) is 0. The molecular weight excluding hydrogens is 320 g/mol. The number of nitro groups is 1. The van der Waals surface area contributed by atoms with Crippen LogP contribution in [0.15, 0.2) is 59.0 Å². The SMILES string of the molecule is CCOc1oc(Cc2ccc([N+](=O)[O-])cc2)nc1Cc1ccccc1. The van der Waals surface area contributed by atoms with Crippen LogP contribution in [-0.2, 0) is 12.8 Å². The van der Waals surface area contributed by atoms with Gasteiger partial charge in [-0.25, -0.2) is 4.98 Å². The first-order valence-electron chi connectivity index (χ1n) is 8.04. The van der Waals surface area contributed by atoms with Crippen molar-refractivity contribution in [2.24, 2.45) is 0 Å². The Hall–Kier alpha value is -3.15. The van der Waals surface area contributed by atoms with E-state index in [1.54, 1.807) is 12.1 Å².